The maximum Gasteiger partial charge on any atom is 0.394 e. The van der Waals surface area contributed by atoms with Crippen molar-refractivity contribution in [1.29, 1.82) is 0 Å². The molecule has 0 spiro atoms. The van der Waals surface area contributed by atoms with Gasteiger partial charge in [0.2, 0.25) is 0 Å². The minimum absolute atomic E-state index is 0.254. The number of carbonyl (C=O) groups is 1. The summed E-state index contributed by atoms with van der Waals surface area (Å²) in [6, 6.07) is 5.33. The van der Waals surface area contributed by atoms with Crippen LogP contribution in [-0.4, -0.2) is 35.3 Å². The fourth-order valence-electron chi connectivity index (χ4n) is 2.96. The van der Waals surface area contributed by atoms with Crippen molar-refractivity contribution in [2.24, 2.45) is 11.8 Å². The van der Waals surface area contributed by atoms with Crippen LogP contribution in [0.2, 0.25) is 0 Å². The summed E-state index contributed by atoms with van der Waals surface area (Å²) in [6.07, 6.45) is -3.22. The van der Waals surface area contributed by atoms with Gasteiger partial charge in [-0.15, -0.1) is 0 Å². The molecule has 2 atom stereocenters. The molecule has 2 heterocycles. The summed E-state index contributed by atoms with van der Waals surface area (Å²) in [7, 11) is 0. The summed E-state index contributed by atoms with van der Waals surface area (Å²) in [5.41, 5.74) is 0.734. The minimum atomic E-state index is -4.59. The van der Waals surface area contributed by atoms with E-state index in [1.807, 2.05) is 0 Å². The molecule has 8 heteroatoms. The van der Waals surface area contributed by atoms with E-state index in [0.717, 1.165) is 0 Å². The normalized spacial score (nSPS) is 21.8. The molecule has 0 bridgehead atoms. The first-order valence-electron chi connectivity index (χ1n) is 6.86. The number of hydrogen-bond donors (Lipinski definition) is 1. The number of nitrogens with zero attached hydrogens (tertiary/aromatic N) is 2. The van der Waals surface area contributed by atoms with Crippen LogP contribution >= 0.6 is 0 Å². The van der Waals surface area contributed by atoms with Gasteiger partial charge in [0.05, 0.1) is 17.4 Å². The lowest BCUT2D eigenvalue weighted by Crippen LogP contribution is -2.33. The van der Waals surface area contributed by atoms with Gasteiger partial charge in [-0.1, -0.05) is 0 Å². The molecule has 0 unspecified atom stereocenters. The molecule has 4 nitrogen and oxygen atoms in total. The summed E-state index contributed by atoms with van der Waals surface area (Å²) >= 11 is 0. The average Bonchev–Trinajstić information content (AvgIpc) is 2.91. The van der Waals surface area contributed by atoms with Crippen LogP contribution in [0.3, 0.4) is 0 Å². The Kier molecular flexibility index (Phi) is 3.62. The lowest BCUT2D eigenvalue weighted by molar-refractivity contribution is -0.187. The summed E-state index contributed by atoms with van der Waals surface area (Å²) in [4.78, 5) is 16.5. The van der Waals surface area contributed by atoms with Crippen LogP contribution in [0.25, 0.3) is 10.9 Å². The molecule has 1 saturated heterocycles. The molecular weight excluding hydrogens is 316 g/mol. The second-order valence-corrected chi connectivity index (χ2v) is 5.49. The van der Waals surface area contributed by atoms with Gasteiger partial charge in [-0.25, -0.2) is 4.39 Å². The maximum absolute atomic E-state index is 13.3. The number of alkyl halides is 3. The number of anilines is 1. The van der Waals surface area contributed by atoms with Crippen LogP contribution in [0.15, 0.2) is 30.5 Å². The molecule has 0 radical (unpaired) electrons. The van der Waals surface area contributed by atoms with Crippen molar-refractivity contribution in [1.82, 2.24) is 4.98 Å². The lowest BCUT2D eigenvalue weighted by atomic mass is 9.96. The Morgan fingerprint density at radius 3 is 2.61 bits per heavy atom. The predicted octanol–water partition coefficient (Wildman–Crippen LogP) is 3.07. The van der Waals surface area contributed by atoms with Gasteiger partial charge in [0.15, 0.2) is 0 Å². The van der Waals surface area contributed by atoms with E-state index in [1.165, 1.54) is 35.4 Å². The third-order valence-electron chi connectivity index (χ3n) is 4.08. The topological polar surface area (TPSA) is 53.4 Å². The highest BCUT2D eigenvalue weighted by Crippen LogP contribution is 2.40. The molecule has 0 aliphatic carbocycles. The SMILES string of the molecule is O=C(O)[C@@H]1CN(c2ccnc3cc(F)ccc23)C[C@H]1C(F)(F)F. The highest BCUT2D eigenvalue weighted by molar-refractivity contribution is 5.92. The molecule has 2 aromatic rings. The largest absolute Gasteiger partial charge is 0.481 e. The Morgan fingerprint density at radius 1 is 1.26 bits per heavy atom. The smallest absolute Gasteiger partial charge is 0.394 e. The molecule has 1 fully saturated rings. The molecule has 0 saturated carbocycles. The fraction of sp³-hybridized carbons (Fsp3) is 0.333. The quantitative estimate of drug-likeness (QED) is 0.861. The van der Waals surface area contributed by atoms with E-state index in [1.54, 1.807) is 0 Å². The van der Waals surface area contributed by atoms with Crippen molar-refractivity contribution in [3.8, 4) is 0 Å². The Morgan fingerprint density at radius 2 is 2.00 bits per heavy atom. The van der Waals surface area contributed by atoms with Crippen LogP contribution in [0, 0.1) is 17.7 Å². The monoisotopic (exact) mass is 328 g/mol. The summed E-state index contributed by atoms with van der Waals surface area (Å²) < 4.78 is 52.5. The lowest BCUT2D eigenvalue weighted by Gasteiger charge is -2.21. The zero-order chi connectivity index (χ0) is 16.8. The van der Waals surface area contributed by atoms with Gasteiger partial charge in [-0.3, -0.25) is 9.78 Å². The van der Waals surface area contributed by atoms with Crippen LogP contribution in [0.1, 0.15) is 0 Å². The highest BCUT2D eigenvalue weighted by Gasteiger charge is 2.52. The van der Waals surface area contributed by atoms with Crippen LogP contribution in [0.4, 0.5) is 23.2 Å². The Balaban J connectivity index is 2.02. The number of rotatable bonds is 2. The number of aliphatic carboxylic acids is 1. The predicted molar refractivity (Wildman–Crippen MR) is 74.6 cm³/mol. The first-order valence-corrected chi connectivity index (χ1v) is 6.86. The van der Waals surface area contributed by atoms with Gasteiger partial charge in [0.25, 0.3) is 0 Å². The second-order valence-electron chi connectivity index (χ2n) is 5.49. The zero-order valence-corrected chi connectivity index (χ0v) is 11.7. The van der Waals surface area contributed by atoms with E-state index in [9.17, 15) is 22.4 Å². The Bertz CT molecular complexity index is 763. The van der Waals surface area contributed by atoms with Crippen molar-refractivity contribution >= 4 is 22.6 Å². The molecule has 1 aromatic carbocycles. The van der Waals surface area contributed by atoms with Gasteiger partial charge in [-0.05, 0) is 18.2 Å². The summed E-state index contributed by atoms with van der Waals surface area (Å²) in [6.45, 7) is -0.701. The van der Waals surface area contributed by atoms with Crippen LogP contribution in [-0.2, 0) is 4.79 Å². The van der Waals surface area contributed by atoms with Crippen LogP contribution < -0.4 is 4.90 Å². The van der Waals surface area contributed by atoms with E-state index in [4.69, 9.17) is 5.11 Å². The summed E-state index contributed by atoms with van der Waals surface area (Å²) in [5, 5.41) is 9.56. The number of pyridine rings is 1. The third-order valence-corrected chi connectivity index (χ3v) is 4.08. The first-order chi connectivity index (χ1) is 10.8. The van der Waals surface area contributed by atoms with Crippen molar-refractivity contribution in [2.45, 2.75) is 6.18 Å². The van der Waals surface area contributed by atoms with E-state index in [0.29, 0.717) is 16.6 Å². The molecule has 0 amide bonds. The standard InChI is InChI=1S/C15H12F4N2O2/c16-8-1-2-9-12(5-8)20-4-3-13(9)21-6-10(14(22)23)11(7-21)15(17,18)19/h1-5,10-11H,6-7H2,(H,22,23)/t10-,11-/m1/s1. The van der Waals surface area contributed by atoms with E-state index in [2.05, 4.69) is 4.98 Å². The number of fused-ring (bicyclic) bond motifs is 1. The van der Waals surface area contributed by atoms with E-state index < -0.39 is 36.3 Å². The molecule has 1 aromatic heterocycles. The van der Waals surface area contributed by atoms with Gasteiger partial charge in [-0.2, -0.15) is 13.2 Å². The van der Waals surface area contributed by atoms with Gasteiger partial charge >= 0.3 is 12.1 Å². The number of hydrogen-bond acceptors (Lipinski definition) is 3. The minimum Gasteiger partial charge on any atom is -0.481 e. The number of carboxylic acid groups (broad SMARTS) is 1. The van der Waals surface area contributed by atoms with Crippen LogP contribution in [0.5, 0.6) is 0 Å². The second kappa shape index (κ2) is 5.36. The summed E-state index contributed by atoms with van der Waals surface area (Å²) in [5.74, 6) is -5.44. The van der Waals surface area contributed by atoms with E-state index in [-0.39, 0.29) is 6.54 Å². The fourth-order valence-corrected chi connectivity index (χ4v) is 2.96. The molecule has 122 valence electrons. The number of halogens is 4. The number of aromatic nitrogens is 1. The Labute approximate surface area is 128 Å². The highest BCUT2D eigenvalue weighted by atomic mass is 19.4. The molecule has 1 aliphatic heterocycles. The maximum atomic E-state index is 13.3. The van der Waals surface area contributed by atoms with E-state index >= 15 is 0 Å². The Hall–Kier alpha value is -2.38. The van der Waals surface area contributed by atoms with Crippen molar-refractivity contribution < 1.29 is 27.5 Å². The van der Waals surface area contributed by atoms with Crippen molar-refractivity contribution in [3.63, 3.8) is 0 Å². The van der Waals surface area contributed by atoms with Gasteiger partial charge in [0, 0.05) is 36.4 Å². The average molecular weight is 328 g/mol. The van der Waals surface area contributed by atoms with Crippen molar-refractivity contribution in [2.75, 3.05) is 18.0 Å². The molecular formula is C15H12F4N2O2. The zero-order valence-electron chi connectivity index (χ0n) is 11.7. The molecule has 1 aliphatic rings. The number of benzene rings is 1. The molecule has 3 rings (SSSR count). The van der Waals surface area contributed by atoms with Crippen molar-refractivity contribution in [3.05, 3.63) is 36.3 Å². The van der Waals surface area contributed by atoms with Gasteiger partial charge < -0.3 is 10.0 Å². The third kappa shape index (κ3) is 2.80. The molecule has 23 heavy (non-hydrogen) atoms. The first kappa shape index (κ1) is 15.5. The van der Waals surface area contributed by atoms with Gasteiger partial charge in [0.1, 0.15) is 5.82 Å². The number of carboxylic acids is 1. The molecule has 1 N–H and O–H groups in total.